The smallest absolute Gasteiger partial charge is 0.411 e. The molecule has 106 valence electrons. The van der Waals surface area contributed by atoms with Crippen LogP contribution in [0.15, 0.2) is 12.7 Å². The lowest BCUT2D eigenvalue weighted by Gasteiger charge is -2.46. The fraction of sp³-hybridized carbons (Fsp3) is 0.714. The van der Waals surface area contributed by atoms with Crippen molar-refractivity contribution < 1.29 is 19.4 Å². The summed E-state index contributed by atoms with van der Waals surface area (Å²) < 4.78 is 5.07. The highest BCUT2D eigenvalue weighted by atomic mass is 16.6. The molecule has 1 saturated heterocycles. The topological polar surface area (TPSA) is 66.8 Å². The minimum absolute atomic E-state index is 0.0286. The van der Waals surface area contributed by atoms with Gasteiger partial charge in [0.25, 0.3) is 0 Å². The van der Waals surface area contributed by atoms with E-state index < -0.39 is 18.1 Å². The van der Waals surface area contributed by atoms with Gasteiger partial charge >= 0.3 is 12.1 Å². The van der Waals surface area contributed by atoms with E-state index in [2.05, 4.69) is 6.58 Å². The number of carbonyl (C=O) groups is 2. The van der Waals surface area contributed by atoms with Crippen LogP contribution < -0.4 is 0 Å². The summed E-state index contributed by atoms with van der Waals surface area (Å²) in [6.07, 6.45) is 6.61. The van der Waals surface area contributed by atoms with E-state index >= 15 is 0 Å². The highest BCUT2D eigenvalue weighted by molar-refractivity contribution is 5.80. The predicted octanol–water partition coefficient (Wildman–Crippen LogP) is 2.42. The highest BCUT2D eigenvalue weighted by Crippen LogP contribution is 2.38. The number of ether oxygens (including phenoxy) is 1. The SMILES string of the molecule is C=CCOC(=O)N1C(C(=O)O)CCC2CCCCC21. The van der Waals surface area contributed by atoms with Crippen molar-refractivity contribution in [2.24, 2.45) is 5.92 Å². The van der Waals surface area contributed by atoms with Gasteiger partial charge in [0.05, 0.1) is 0 Å². The Bertz CT molecular complexity index is 368. The molecule has 1 aliphatic carbocycles. The maximum atomic E-state index is 12.1. The van der Waals surface area contributed by atoms with E-state index in [0.717, 1.165) is 25.7 Å². The van der Waals surface area contributed by atoms with Crippen molar-refractivity contribution >= 4 is 12.1 Å². The van der Waals surface area contributed by atoms with E-state index in [4.69, 9.17) is 4.74 Å². The number of likely N-dealkylation sites (tertiary alicyclic amines) is 1. The summed E-state index contributed by atoms with van der Waals surface area (Å²) in [7, 11) is 0. The molecule has 0 aromatic carbocycles. The second-order valence-corrected chi connectivity index (χ2v) is 5.32. The molecule has 5 nitrogen and oxygen atoms in total. The minimum atomic E-state index is -0.931. The van der Waals surface area contributed by atoms with Crippen LogP contribution in [0.2, 0.25) is 0 Å². The van der Waals surface area contributed by atoms with Gasteiger partial charge in [-0.3, -0.25) is 4.90 Å². The fourth-order valence-electron chi connectivity index (χ4n) is 3.34. The van der Waals surface area contributed by atoms with E-state index in [0.29, 0.717) is 12.3 Å². The lowest BCUT2D eigenvalue weighted by atomic mass is 9.76. The van der Waals surface area contributed by atoms with Crippen LogP contribution in [0.4, 0.5) is 4.79 Å². The number of fused-ring (bicyclic) bond motifs is 1. The number of carboxylic acids is 1. The first-order chi connectivity index (χ1) is 9.15. The summed E-state index contributed by atoms with van der Waals surface area (Å²) in [6.45, 7) is 3.63. The molecule has 0 radical (unpaired) electrons. The molecular weight excluding hydrogens is 246 g/mol. The number of aliphatic carboxylic acids is 1. The molecule has 5 heteroatoms. The summed E-state index contributed by atoms with van der Waals surface area (Å²) in [5.74, 6) is -0.500. The quantitative estimate of drug-likeness (QED) is 0.797. The molecule has 0 bridgehead atoms. The number of nitrogens with zero attached hydrogens (tertiary/aromatic N) is 1. The Hall–Kier alpha value is -1.52. The maximum Gasteiger partial charge on any atom is 0.411 e. The zero-order valence-electron chi connectivity index (χ0n) is 11.1. The molecule has 1 amide bonds. The van der Waals surface area contributed by atoms with Gasteiger partial charge in [-0.2, -0.15) is 0 Å². The lowest BCUT2D eigenvalue weighted by Crippen LogP contribution is -2.57. The van der Waals surface area contributed by atoms with Gasteiger partial charge in [-0.15, -0.1) is 0 Å². The Morgan fingerprint density at radius 2 is 2.00 bits per heavy atom. The molecule has 1 aliphatic heterocycles. The molecule has 3 unspecified atom stereocenters. The van der Waals surface area contributed by atoms with Crippen molar-refractivity contribution in [3.63, 3.8) is 0 Å². The average Bonchev–Trinajstić information content (AvgIpc) is 2.43. The monoisotopic (exact) mass is 267 g/mol. The van der Waals surface area contributed by atoms with E-state index in [1.807, 2.05) is 0 Å². The zero-order valence-corrected chi connectivity index (χ0v) is 11.1. The molecule has 19 heavy (non-hydrogen) atoms. The molecule has 2 aliphatic rings. The first-order valence-corrected chi connectivity index (χ1v) is 6.94. The summed E-state index contributed by atoms with van der Waals surface area (Å²) >= 11 is 0. The van der Waals surface area contributed by atoms with Crippen molar-refractivity contribution in [1.82, 2.24) is 4.90 Å². The fourth-order valence-corrected chi connectivity index (χ4v) is 3.34. The van der Waals surface area contributed by atoms with E-state index in [1.165, 1.54) is 17.4 Å². The normalized spacial score (nSPS) is 30.3. The Morgan fingerprint density at radius 3 is 2.68 bits per heavy atom. The van der Waals surface area contributed by atoms with Crippen LogP contribution >= 0.6 is 0 Å². The van der Waals surface area contributed by atoms with Crippen molar-refractivity contribution in [2.75, 3.05) is 6.61 Å². The molecule has 1 N–H and O–H groups in total. The number of carbonyl (C=O) groups excluding carboxylic acids is 1. The van der Waals surface area contributed by atoms with Gasteiger partial charge in [-0.1, -0.05) is 25.5 Å². The molecule has 2 fully saturated rings. The largest absolute Gasteiger partial charge is 0.480 e. The van der Waals surface area contributed by atoms with Crippen LogP contribution in [0.5, 0.6) is 0 Å². The summed E-state index contributed by atoms with van der Waals surface area (Å²) in [4.78, 5) is 24.9. The lowest BCUT2D eigenvalue weighted by molar-refractivity contribution is -0.146. The Balaban J connectivity index is 2.16. The molecule has 0 aromatic heterocycles. The van der Waals surface area contributed by atoms with Crippen molar-refractivity contribution in [2.45, 2.75) is 50.6 Å². The van der Waals surface area contributed by atoms with Crippen LogP contribution in [0, 0.1) is 5.92 Å². The van der Waals surface area contributed by atoms with Gasteiger partial charge in [0.1, 0.15) is 12.6 Å². The Kier molecular flexibility index (Phi) is 4.45. The number of hydrogen-bond acceptors (Lipinski definition) is 3. The van der Waals surface area contributed by atoms with Gasteiger partial charge in [0.2, 0.25) is 0 Å². The third-order valence-corrected chi connectivity index (χ3v) is 4.19. The third-order valence-electron chi connectivity index (χ3n) is 4.19. The van der Waals surface area contributed by atoms with Gasteiger partial charge in [0.15, 0.2) is 0 Å². The van der Waals surface area contributed by atoms with E-state index in [9.17, 15) is 14.7 Å². The van der Waals surface area contributed by atoms with Crippen LogP contribution in [0.1, 0.15) is 38.5 Å². The molecule has 1 heterocycles. The van der Waals surface area contributed by atoms with Gasteiger partial charge in [-0.05, 0) is 31.6 Å². The maximum absolute atomic E-state index is 12.1. The van der Waals surface area contributed by atoms with Crippen LogP contribution in [0.25, 0.3) is 0 Å². The summed E-state index contributed by atoms with van der Waals surface area (Å²) in [6, 6.07) is -0.711. The third kappa shape index (κ3) is 2.91. The molecule has 0 spiro atoms. The molecule has 0 aromatic rings. The number of carboxylic acid groups (broad SMARTS) is 1. The Labute approximate surface area is 113 Å². The van der Waals surface area contributed by atoms with E-state index in [1.54, 1.807) is 0 Å². The molecular formula is C14H21NO4. The average molecular weight is 267 g/mol. The predicted molar refractivity (Wildman–Crippen MR) is 69.8 cm³/mol. The summed E-state index contributed by atoms with van der Waals surface area (Å²) in [5, 5.41) is 9.30. The van der Waals surface area contributed by atoms with E-state index in [-0.39, 0.29) is 12.6 Å². The van der Waals surface area contributed by atoms with Crippen molar-refractivity contribution in [1.29, 1.82) is 0 Å². The highest BCUT2D eigenvalue weighted by Gasteiger charge is 2.44. The number of piperidine rings is 1. The van der Waals surface area contributed by atoms with Crippen molar-refractivity contribution in [3.05, 3.63) is 12.7 Å². The Morgan fingerprint density at radius 1 is 1.26 bits per heavy atom. The van der Waals surface area contributed by atoms with Crippen LogP contribution in [0.3, 0.4) is 0 Å². The van der Waals surface area contributed by atoms with Crippen molar-refractivity contribution in [3.8, 4) is 0 Å². The molecule has 2 rings (SSSR count). The number of rotatable bonds is 3. The second-order valence-electron chi connectivity index (χ2n) is 5.32. The minimum Gasteiger partial charge on any atom is -0.480 e. The first kappa shape index (κ1) is 13.9. The van der Waals surface area contributed by atoms with Gasteiger partial charge in [-0.25, -0.2) is 9.59 Å². The standard InChI is InChI=1S/C14H21NO4/c1-2-9-19-14(18)15-11-6-4-3-5-10(11)7-8-12(15)13(16)17/h2,10-12H,1,3-9H2,(H,16,17). The molecule has 3 atom stereocenters. The first-order valence-electron chi connectivity index (χ1n) is 6.94. The van der Waals surface area contributed by atoms with Gasteiger partial charge in [0, 0.05) is 6.04 Å². The van der Waals surface area contributed by atoms with Gasteiger partial charge < -0.3 is 9.84 Å². The second kappa shape index (κ2) is 6.08. The molecule has 1 saturated carbocycles. The number of amides is 1. The summed E-state index contributed by atoms with van der Waals surface area (Å²) in [5.41, 5.74) is 0. The van der Waals surface area contributed by atoms with Crippen LogP contribution in [-0.4, -0.2) is 40.8 Å². The zero-order chi connectivity index (χ0) is 13.8. The number of hydrogen-bond donors (Lipinski definition) is 1. The van der Waals surface area contributed by atoms with Crippen LogP contribution in [-0.2, 0) is 9.53 Å².